The Kier molecular flexibility index (Phi) is 5.59. The van der Waals surface area contributed by atoms with E-state index in [1.165, 1.54) is 0 Å². The van der Waals surface area contributed by atoms with E-state index in [0.717, 1.165) is 29.7 Å². The first-order valence-corrected chi connectivity index (χ1v) is 7.22. The molecule has 0 aliphatic rings. The van der Waals surface area contributed by atoms with Gasteiger partial charge in [0.1, 0.15) is 5.75 Å². The third-order valence-corrected chi connectivity index (χ3v) is 3.34. The molecule has 0 heterocycles. The Morgan fingerprint density at radius 2 is 1.62 bits per heavy atom. The number of rotatable bonds is 7. The lowest BCUT2D eigenvalue weighted by Gasteiger charge is -2.07. The Morgan fingerprint density at radius 3 is 2.14 bits per heavy atom. The Balaban J connectivity index is 2.01. The van der Waals surface area contributed by atoms with Crippen LogP contribution in [0.3, 0.4) is 0 Å². The Morgan fingerprint density at radius 1 is 1.05 bits per heavy atom. The van der Waals surface area contributed by atoms with E-state index in [2.05, 4.69) is 6.58 Å². The Bertz CT molecular complexity index is 600. The first-order chi connectivity index (χ1) is 10.2. The quantitative estimate of drug-likeness (QED) is 0.405. The Hall–Kier alpha value is -2.06. The monoisotopic (exact) mass is 300 g/mol. The van der Waals surface area contributed by atoms with Crippen LogP contribution >= 0.6 is 11.6 Å². The number of halogens is 1. The summed E-state index contributed by atoms with van der Waals surface area (Å²) < 4.78 is 5.64. The number of hydrogen-bond donors (Lipinski definition) is 0. The van der Waals surface area contributed by atoms with Gasteiger partial charge in [-0.1, -0.05) is 30.3 Å². The number of benzene rings is 2. The number of carbonyl (C=O) groups excluding carboxylic acids is 1. The summed E-state index contributed by atoms with van der Waals surface area (Å²) >= 11 is 5.43. The molecule has 21 heavy (non-hydrogen) atoms. The summed E-state index contributed by atoms with van der Waals surface area (Å²) in [5, 5.41) is -0.440. The second-order valence-electron chi connectivity index (χ2n) is 4.65. The van der Waals surface area contributed by atoms with Crippen LogP contribution in [0.15, 0.2) is 61.2 Å². The van der Waals surface area contributed by atoms with Crippen LogP contribution in [0.2, 0.25) is 0 Å². The van der Waals surface area contributed by atoms with Crippen molar-refractivity contribution in [1.82, 2.24) is 0 Å². The van der Waals surface area contributed by atoms with E-state index in [0.29, 0.717) is 12.2 Å². The molecular formula is C18H17ClO2. The molecule has 0 aliphatic heterocycles. The smallest absolute Gasteiger partial charge is 0.252 e. The molecule has 0 atom stereocenters. The zero-order valence-electron chi connectivity index (χ0n) is 11.7. The zero-order chi connectivity index (χ0) is 15.1. The molecule has 108 valence electrons. The van der Waals surface area contributed by atoms with Gasteiger partial charge in [0.05, 0.1) is 6.61 Å². The van der Waals surface area contributed by atoms with Gasteiger partial charge in [-0.2, -0.15) is 0 Å². The summed E-state index contributed by atoms with van der Waals surface area (Å²) in [6.07, 6.45) is 3.82. The van der Waals surface area contributed by atoms with E-state index in [1.807, 2.05) is 42.5 Å². The molecule has 2 nitrogen and oxygen atoms in total. The third-order valence-electron chi connectivity index (χ3n) is 3.12. The highest BCUT2D eigenvalue weighted by Gasteiger charge is 2.03. The van der Waals surface area contributed by atoms with E-state index in [9.17, 15) is 4.79 Å². The molecule has 0 aromatic heterocycles. The third kappa shape index (κ3) is 4.47. The highest BCUT2D eigenvalue weighted by molar-refractivity contribution is 6.67. The van der Waals surface area contributed by atoms with Gasteiger partial charge in [0.2, 0.25) is 0 Å². The normalized spacial score (nSPS) is 10.1. The van der Waals surface area contributed by atoms with E-state index in [4.69, 9.17) is 16.3 Å². The number of carbonyl (C=O) groups is 1. The predicted octanol–water partition coefficient (Wildman–Crippen LogP) is 5.08. The van der Waals surface area contributed by atoms with Gasteiger partial charge in [-0.15, -0.1) is 6.58 Å². The second kappa shape index (κ2) is 7.65. The van der Waals surface area contributed by atoms with Crippen LogP contribution in [0.4, 0.5) is 0 Å². The number of hydrogen-bond acceptors (Lipinski definition) is 2. The molecule has 0 saturated heterocycles. The number of ether oxygens (including phenoxy) is 1. The summed E-state index contributed by atoms with van der Waals surface area (Å²) in [5.74, 6) is 0.857. The summed E-state index contributed by atoms with van der Waals surface area (Å²) in [7, 11) is 0. The van der Waals surface area contributed by atoms with Gasteiger partial charge in [0.15, 0.2) is 0 Å². The molecule has 0 saturated carbocycles. The van der Waals surface area contributed by atoms with Gasteiger partial charge in [0.25, 0.3) is 5.24 Å². The molecule has 0 amide bonds. The van der Waals surface area contributed by atoms with E-state index in [-0.39, 0.29) is 0 Å². The molecule has 0 fully saturated rings. The highest BCUT2D eigenvalue weighted by atomic mass is 35.5. The van der Waals surface area contributed by atoms with Crippen molar-refractivity contribution in [3.63, 3.8) is 0 Å². The van der Waals surface area contributed by atoms with Crippen LogP contribution < -0.4 is 4.74 Å². The lowest BCUT2D eigenvalue weighted by molar-refractivity contribution is 0.108. The number of unbranched alkanes of at least 4 members (excludes halogenated alkanes) is 1. The van der Waals surface area contributed by atoms with Crippen molar-refractivity contribution in [3.05, 3.63) is 66.7 Å². The highest BCUT2D eigenvalue weighted by Crippen LogP contribution is 2.23. The van der Waals surface area contributed by atoms with Crippen molar-refractivity contribution in [1.29, 1.82) is 0 Å². The van der Waals surface area contributed by atoms with Crippen LogP contribution in [-0.2, 0) is 0 Å². The SMILES string of the molecule is C=CCCCOc1ccc(-c2ccc(C(=O)Cl)cc2)cc1. The van der Waals surface area contributed by atoms with Gasteiger partial charge in [-0.05, 0) is 59.8 Å². The molecule has 2 aromatic rings. The summed E-state index contributed by atoms with van der Waals surface area (Å²) in [6.45, 7) is 4.37. The van der Waals surface area contributed by atoms with Crippen LogP contribution in [0, 0.1) is 0 Å². The maximum absolute atomic E-state index is 11.0. The summed E-state index contributed by atoms with van der Waals surface area (Å²) in [5.41, 5.74) is 2.61. The molecule has 0 spiro atoms. The summed E-state index contributed by atoms with van der Waals surface area (Å²) in [6, 6.07) is 15.1. The van der Waals surface area contributed by atoms with Gasteiger partial charge >= 0.3 is 0 Å². The summed E-state index contributed by atoms with van der Waals surface area (Å²) in [4.78, 5) is 11.0. The maximum atomic E-state index is 11.0. The fraction of sp³-hybridized carbons (Fsp3) is 0.167. The van der Waals surface area contributed by atoms with Gasteiger partial charge in [0, 0.05) is 5.56 Å². The van der Waals surface area contributed by atoms with Crippen molar-refractivity contribution in [2.45, 2.75) is 12.8 Å². The van der Waals surface area contributed by atoms with E-state index in [1.54, 1.807) is 12.1 Å². The average molecular weight is 301 g/mol. The average Bonchev–Trinajstić information content (AvgIpc) is 2.52. The minimum atomic E-state index is -0.440. The lowest BCUT2D eigenvalue weighted by atomic mass is 10.0. The molecule has 2 aromatic carbocycles. The topological polar surface area (TPSA) is 26.3 Å². The van der Waals surface area contributed by atoms with E-state index < -0.39 is 5.24 Å². The maximum Gasteiger partial charge on any atom is 0.252 e. The van der Waals surface area contributed by atoms with Crippen LogP contribution in [0.1, 0.15) is 23.2 Å². The standard InChI is InChI=1S/C18H17ClO2/c1-2-3-4-13-21-17-11-9-15(10-12-17)14-5-7-16(8-6-14)18(19)20/h2,5-12H,1,3-4,13H2. The number of allylic oxidation sites excluding steroid dienone is 1. The molecule has 3 heteroatoms. The van der Waals surface area contributed by atoms with Crippen LogP contribution in [0.5, 0.6) is 5.75 Å². The molecular weight excluding hydrogens is 284 g/mol. The largest absolute Gasteiger partial charge is 0.494 e. The van der Waals surface area contributed by atoms with Gasteiger partial charge in [-0.3, -0.25) is 4.79 Å². The molecule has 0 unspecified atom stereocenters. The van der Waals surface area contributed by atoms with Gasteiger partial charge < -0.3 is 4.74 Å². The van der Waals surface area contributed by atoms with Crippen molar-refractivity contribution in [2.24, 2.45) is 0 Å². The van der Waals surface area contributed by atoms with Crippen molar-refractivity contribution in [2.75, 3.05) is 6.61 Å². The molecule has 0 radical (unpaired) electrons. The molecule has 0 aliphatic carbocycles. The minimum absolute atomic E-state index is 0.440. The Labute approximate surface area is 130 Å². The van der Waals surface area contributed by atoms with E-state index >= 15 is 0 Å². The van der Waals surface area contributed by atoms with Crippen molar-refractivity contribution >= 4 is 16.8 Å². The van der Waals surface area contributed by atoms with Crippen molar-refractivity contribution in [3.8, 4) is 16.9 Å². The second-order valence-corrected chi connectivity index (χ2v) is 5.00. The predicted molar refractivity (Wildman–Crippen MR) is 87.0 cm³/mol. The lowest BCUT2D eigenvalue weighted by Crippen LogP contribution is -1.96. The zero-order valence-corrected chi connectivity index (χ0v) is 12.5. The van der Waals surface area contributed by atoms with Crippen molar-refractivity contribution < 1.29 is 9.53 Å². The van der Waals surface area contributed by atoms with Crippen LogP contribution in [0.25, 0.3) is 11.1 Å². The van der Waals surface area contributed by atoms with Crippen LogP contribution in [-0.4, -0.2) is 11.8 Å². The first kappa shape index (κ1) is 15.3. The first-order valence-electron chi connectivity index (χ1n) is 6.85. The fourth-order valence-corrected chi connectivity index (χ4v) is 2.08. The molecule has 0 bridgehead atoms. The fourth-order valence-electron chi connectivity index (χ4n) is 1.96. The molecule has 0 N–H and O–H groups in total. The minimum Gasteiger partial charge on any atom is -0.494 e. The van der Waals surface area contributed by atoms with Gasteiger partial charge in [-0.25, -0.2) is 0 Å². The molecule has 2 rings (SSSR count).